The summed E-state index contributed by atoms with van der Waals surface area (Å²) in [5.41, 5.74) is 5.29. The lowest BCUT2D eigenvalue weighted by Crippen LogP contribution is -2.50. The van der Waals surface area contributed by atoms with E-state index in [2.05, 4.69) is 0 Å². The molecule has 0 aliphatic carbocycles. The molecule has 0 aromatic rings. The molecule has 3 N–H and O–H groups in total. The SMILES string of the molecule is CN1CC(=O)N(CC(C)(C)N)C1O. The van der Waals surface area contributed by atoms with Gasteiger partial charge in [0.2, 0.25) is 5.91 Å². The first-order valence-corrected chi connectivity index (χ1v) is 4.28. The Morgan fingerprint density at radius 1 is 1.69 bits per heavy atom. The lowest BCUT2D eigenvalue weighted by molar-refractivity contribution is -0.135. The topological polar surface area (TPSA) is 69.8 Å². The molecule has 1 rings (SSSR count). The van der Waals surface area contributed by atoms with Gasteiger partial charge in [0, 0.05) is 12.1 Å². The minimum Gasteiger partial charge on any atom is -0.361 e. The van der Waals surface area contributed by atoms with E-state index in [1.807, 2.05) is 13.8 Å². The van der Waals surface area contributed by atoms with Crippen molar-refractivity contribution in [1.29, 1.82) is 0 Å². The predicted octanol–water partition coefficient (Wildman–Crippen LogP) is -1.23. The van der Waals surface area contributed by atoms with Crippen LogP contribution in [-0.2, 0) is 4.79 Å². The van der Waals surface area contributed by atoms with Gasteiger partial charge in [0.05, 0.1) is 6.54 Å². The minimum absolute atomic E-state index is 0.0754. The molecular weight excluding hydrogens is 170 g/mol. The second-order valence-corrected chi connectivity index (χ2v) is 4.27. The number of nitrogens with zero attached hydrogens (tertiary/aromatic N) is 2. The highest BCUT2D eigenvalue weighted by Crippen LogP contribution is 2.14. The van der Waals surface area contributed by atoms with E-state index in [4.69, 9.17) is 5.73 Å². The van der Waals surface area contributed by atoms with E-state index in [0.717, 1.165) is 0 Å². The van der Waals surface area contributed by atoms with Gasteiger partial charge >= 0.3 is 0 Å². The molecule has 0 bridgehead atoms. The monoisotopic (exact) mass is 187 g/mol. The molecule has 1 aliphatic rings. The Kier molecular flexibility index (Phi) is 2.61. The molecule has 0 aromatic carbocycles. The normalized spacial score (nSPS) is 25.8. The zero-order chi connectivity index (χ0) is 10.2. The van der Waals surface area contributed by atoms with E-state index in [-0.39, 0.29) is 12.5 Å². The number of aliphatic hydroxyl groups excluding tert-OH is 1. The molecule has 0 spiro atoms. The number of carbonyl (C=O) groups excluding carboxylic acids is 1. The van der Waals surface area contributed by atoms with Crippen molar-refractivity contribution in [1.82, 2.24) is 9.80 Å². The first kappa shape index (κ1) is 10.4. The number of amides is 1. The lowest BCUT2D eigenvalue weighted by atomic mass is 10.1. The van der Waals surface area contributed by atoms with Crippen molar-refractivity contribution in [3.63, 3.8) is 0 Å². The summed E-state index contributed by atoms with van der Waals surface area (Å²) in [5, 5.41) is 9.57. The Bertz CT molecular complexity index is 212. The third-order valence-corrected chi connectivity index (χ3v) is 1.96. The Morgan fingerprint density at radius 3 is 2.54 bits per heavy atom. The van der Waals surface area contributed by atoms with Gasteiger partial charge in [-0.05, 0) is 20.9 Å². The average Bonchev–Trinajstić information content (AvgIpc) is 2.14. The molecule has 5 nitrogen and oxygen atoms in total. The van der Waals surface area contributed by atoms with Crippen LogP contribution < -0.4 is 5.73 Å². The van der Waals surface area contributed by atoms with Crippen LogP contribution >= 0.6 is 0 Å². The highest BCUT2D eigenvalue weighted by Gasteiger charge is 2.36. The fraction of sp³-hybridized carbons (Fsp3) is 0.875. The highest BCUT2D eigenvalue weighted by atomic mass is 16.3. The smallest absolute Gasteiger partial charge is 0.240 e. The summed E-state index contributed by atoms with van der Waals surface area (Å²) in [4.78, 5) is 14.3. The molecule has 13 heavy (non-hydrogen) atoms. The van der Waals surface area contributed by atoms with E-state index in [9.17, 15) is 9.90 Å². The van der Waals surface area contributed by atoms with Crippen molar-refractivity contribution < 1.29 is 9.90 Å². The second-order valence-electron chi connectivity index (χ2n) is 4.27. The summed E-state index contributed by atoms with van der Waals surface area (Å²) in [6.07, 6.45) is -0.824. The van der Waals surface area contributed by atoms with Gasteiger partial charge in [-0.25, -0.2) is 0 Å². The molecule has 1 amide bonds. The molecule has 1 aliphatic heterocycles. The van der Waals surface area contributed by atoms with Crippen molar-refractivity contribution in [3.05, 3.63) is 0 Å². The zero-order valence-electron chi connectivity index (χ0n) is 8.32. The van der Waals surface area contributed by atoms with Gasteiger partial charge in [0.25, 0.3) is 0 Å². The summed E-state index contributed by atoms with van der Waals surface area (Å²) >= 11 is 0. The quantitative estimate of drug-likeness (QED) is 0.568. The first-order valence-electron chi connectivity index (χ1n) is 4.28. The molecule has 1 saturated heterocycles. The number of rotatable bonds is 2. The summed E-state index contributed by atoms with van der Waals surface area (Å²) in [5.74, 6) is -0.0754. The van der Waals surface area contributed by atoms with Crippen molar-refractivity contribution in [2.45, 2.75) is 25.7 Å². The van der Waals surface area contributed by atoms with Crippen LogP contribution in [0.5, 0.6) is 0 Å². The number of carbonyl (C=O) groups is 1. The van der Waals surface area contributed by atoms with Crippen molar-refractivity contribution in [3.8, 4) is 0 Å². The van der Waals surface area contributed by atoms with Crippen LogP contribution in [-0.4, -0.2) is 52.8 Å². The molecule has 5 heteroatoms. The number of aliphatic hydroxyl groups is 1. The van der Waals surface area contributed by atoms with Crippen LogP contribution in [0.25, 0.3) is 0 Å². The number of nitrogens with two attached hydrogens (primary N) is 1. The van der Waals surface area contributed by atoms with Crippen LogP contribution in [0.2, 0.25) is 0 Å². The van der Waals surface area contributed by atoms with E-state index in [0.29, 0.717) is 6.54 Å². The molecule has 0 aromatic heterocycles. The van der Waals surface area contributed by atoms with Gasteiger partial charge in [-0.15, -0.1) is 0 Å². The van der Waals surface area contributed by atoms with Gasteiger partial charge in [-0.1, -0.05) is 0 Å². The van der Waals surface area contributed by atoms with Gasteiger partial charge in [0.1, 0.15) is 0 Å². The summed E-state index contributed by atoms with van der Waals surface area (Å²) < 4.78 is 0. The van der Waals surface area contributed by atoms with E-state index < -0.39 is 11.9 Å². The molecule has 76 valence electrons. The summed E-state index contributed by atoms with van der Waals surface area (Å²) in [6, 6.07) is 0. The molecule has 1 unspecified atom stereocenters. The maximum Gasteiger partial charge on any atom is 0.240 e. The van der Waals surface area contributed by atoms with Crippen molar-refractivity contribution >= 4 is 5.91 Å². The fourth-order valence-corrected chi connectivity index (χ4v) is 1.36. The van der Waals surface area contributed by atoms with Gasteiger partial charge < -0.3 is 15.7 Å². The van der Waals surface area contributed by atoms with Crippen molar-refractivity contribution in [2.24, 2.45) is 5.73 Å². The fourth-order valence-electron chi connectivity index (χ4n) is 1.36. The van der Waals surface area contributed by atoms with Crippen LogP contribution in [0.15, 0.2) is 0 Å². The minimum atomic E-state index is -0.824. The Morgan fingerprint density at radius 2 is 2.23 bits per heavy atom. The lowest BCUT2D eigenvalue weighted by Gasteiger charge is -2.29. The van der Waals surface area contributed by atoms with Gasteiger partial charge in [-0.3, -0.25) is 9.69 Å². The van der Waals surface area contributed by atoms with Crippen LogP contribution in [0, 0.1) is 0 Å². The largest absolute Gasteiger partial charge is 0.361 e. The molecule has 1 heterocycles. The predicted molar refractivity (Wildman–Crippen MR) is 48.6 cm³/mol. The van der Waals surface area contributed by atoms with E-state index in [1.165, 1.54) is 4.90 Å². The molecule has 0 saturated carbocycles. The standard InChI is InChI=1S/C8H17N3O2/c1-8(2,9)5-11-6(12)4-10(3)7(11)13/h7,13H,4-5,9H2,1-3H3. The van der Waals surface area contributed by atoms with E-state index in [1.54, 1.807) is 11.9 Å². The average molecular weight is 187 g/mol. The second kappa shape index (κ2) is 3.25. The third-order valence-electron chi connectivity index (χ3n) is 1.96. The van der Waals surface area contributed by atoms with Crippen LogP contribution in [0.4, 0.5) is 0 Å². The third kappa shape index (κ3) is 2.40. The Balaban J connectivity index is 2.64. The number of likely N-dealkylation sites (N-methyl/N-ethyl adjacent to an activating group) is 1. The molecule has 1 atom stereocenters. The maximum atomic E-state index is 11.3. The summed E-state index contributed by atoms with van der Waals surface area (Å²) in [7, 11) is 1.70. The summed E-state index contributed by atoms with van der Waals surface area (Å²) in [6.45, 7) is 4.28. The molecule has 0 radical (unpaired) electrons. The zero-order valence-corrected chi connectivity index (χ0v) is 8.32. The van der Waals surface area contributed by atoms with Gasteiger partial charge in [0.15, 0.2) is 6.35 Å². The Labute approximate surface area is 78.1 Å². The first-order chi connectivity index (χ1) is 5.81. The maximum absolute atomic E-state index is 11.3. The highest BCUT2D eigenvalue weighted by molar-refractivity contribution is 5.80. The number of hydrogen-bond acceptors (Lipinski definition) is 4. The van der Waals surface area contributed by atoms with E-state index >= 15 is 0 Å². The molecule has 1 fully saturated rings. The van der Waals surface area contributed by atoms with Gasteiger partial charge in [-0.2, -0.15) is 0 Å². The number of hydrogen-bond donors (Lipinski definition) is 2. The Hall–Kier alpha value is -0.650. The molecular formula is C8H17N3O2. The van der Waals surface area contributed by atoms with Crippen molar-refractivity contribution in [2.75, 3.05) is 20.1 Å². The van der Waals surface area contributed by atoms with Crippen LogP contribution in [0.3, 0.4) is 0 Å². The van der Waals surface area contributed by atoms with Crippen LogP contribution in [0.1, 0.15) is 13.8 Å².